The lowest BCUT2D eigenvalue weighted by atomic mass is 10.1. The van der Waals surface area contributed by atoms with Gasteiger partial charge in [0.05, 0.1) is 19.2 Å². The number of anilines is 1. The number of benzene rings is 2. The average molecular weight is 287 g/mol. The molecule has 0 bridgehead atoms. The molecule has 0 aliphatic rings. The summed E-state index contributed by atoms with van der Waals surface area (Å²) < 4.78 is 18.7. The Bertz CT molecular complexity index is 668. The van der Waals surface area contributed by atoms with Gasteiger partial charge in [-0.3, -0.25) is 4.79 Å². The van der Waals surface area contributed by atoms with Crippen molar-refractivity contribution in [3.05, 3.63) is 58.9 Å². The second kappa shape index (κ2) is 6.39. The van der Waals surface area contributed by atoms with Gasteiger partial charge < -0.3 is 10.1 Å². The van der Waals surface area contributed by atoms with Gasteiger partial charge in [-0.25, -0.2) is 4.39 Å². The second-order valence-corrected chi connectivity index (χ2v) is 4.94. The van der Waals surface area contributed by atoms with Crippen molar-refractivity contribution in [2.45, 2.75) is 13.8 Å². The van der Waals surface area contributed by atoms with Crippen LogP contribution in [0.15, 0.2) is 36.4 Å². The van der Waals surface area contributed by atoms with Crippen LogP contribution in [0.2, 0.25) is 0 Å². The Hall–Kier alpha value is -2.36. The number of rotatable bonds is 5. The van der Waals surface area contributed by atoms with Crippen LogP contribution in [0.5, 0.6) is 5.75 Å². The summed E-state index contributed by atoms with van der Waals surface area (Å²) in [4.78, 5) is 12.1. The number of methoxy groups -OCH3 is 1. The fourth-order valence-corrected chi connectivity index (χ4v) is 2.05. The molecule has 0 radical (unpaired) electrons. The summed E-state index contributed by atoms with van der Waals surface area (Å²) in [5.74, 6) is -0.468. The number of nitrogens with one attached hydrogen (secondary N) is 1. The number of carbonyl (C=O) groups is 1. The van der Waals surface area contributed by atoms with Gasteiger partial charge in [-0.2, -0.15) is 0 Å². The maximum atomic E-state index is 13.8. The fraction of sp³-hybridized carbons (Fsp3) is 0.235. The first kappa shape index (κ1) is 15.0. The first-order valence-corrected chi connectivity index (χ1v) is 6.69. The van der Waals surface area contributed by atoms with Crippen LogP contribution in [-0.2, 0) is 0 Å². The molecule has 0 aromatic heterocycles. The first-order chi connectivity index (χ1) is 10.0. The molecule has 0 amide bonds. The quantitative estimate of drug-likeness (QED) is 0.851. The number of ether oxygens (including phenoxy) is 1. The zero-order chi connectivity index (χ0) is 15.4. The molecule has 0 heterocycles. The van der Waals surface area contributed by atoms with Crippen LogP contribution in [0.25, 0.3) is 0 Å². The summed E-state index contributed by atoms with van der Waals surface area (Å²) >= 11 is 0. The van der Waals surface area contributed by atoms with Gasteiger partial charge in [0, 0.05) is 11.8 Å². The zero-order valence-corrected chi connectivity index (χ0v) is 12.4. The zero-order valence-electron chi connectivity index (χ0n) is 12.4. The van der Waals surface area contributed by atoms with Gasteiger partial charge in [0.2, 0.25) is 0 Å². The lowest BCUT2D eigenvalue weighted by Crippen LogP contribution is -2.16. The molecule has 0 aliphatic heterocycles. The molecule has 0 aliphatic carbocycles. The van der Waals surface area contributed by atoms with E-state index in [1.165, 1.54) is 19.2 Å². The van der Waals surface area contributed by atoms with Crippen molar-refractivity contribution in [2.24, 2.45) is 0 Å². The van der Waals surface area contributed by atoms with Crippen LogP contribution in [0.1, 0.15) is 21.5 Å². The van der Waals surface area contributed by atoms with Crippen LogP contribution >= 0.6 is 0 Å². The molecule has 0 spiro atoms. The predicted molar refractivity (Wildman–Crippen MR) is 81.7 cm³/mol. The Morgan fingerprint density at radius 1 is 1.19 bits per heavy atom. The highest BCUT2D eigenvalue weighted by molar-refractivity contribution is 5.99. The van der Waals surface area contributed by atoms with Gasteiger partial charge in [-0.05, 0) is 43.2 Å². The predicted octanol–water partition coefficient (Wildman–Crippen LogP) is 3.75. The molecule has 110 valence electrons. The summed E-state index contributed by atoms with van der Waals surface area (Å²) in [6.45, 7) is 3.99. The molecule has 2 rings (SSSR count). The number of aryl methyl sites for hydroxylation is 2. The molecular weight excluding hydrogens is 269 g/mol. The molecule has 2 aromatic carbocycles. The maximum Gasteiger partial charge on any atom is 0.184 e. The summed E-state index contributed by atoms with van der Waals surface area (Å²) in [7, 11) is 1.46. The standard InChI is InChI=1S/C17H18FNO2/c1-11-4-5-12(2)16(8-11)19-10-17(20)14-7-6-13(21-3)9-15(14)18/h4-9,19H,10H2,1-3H3. The van der Waals surface area contributed by atoms with Gasteiger partial charge >= 0.3 is 0 Å². The molecule has 21 heavy (non-hydrogen) atoms. The molecule has 4 heteroatoms. The van der Waals surface area contributed by atoms with Crippen LogP contribution in [-0.4, -0.2) is 19.4 Å². The molecule has 0 unspecified atom stereocenters. The van der Waals surface area contributed by atoms with E-state index >= 15 is 0 Å². The minimum absolute atomic E-state index is 0.0491. The smallest absolute Gasteiger partial charge is 0.184 e. The summed E-state index contributed by atoms with van der Waals surface area (Å²) in [6, 6.07) is 10.2. The van der Waals surface area contributed by atoms with Crippen molar-refractivity contribution >= 4 is 11.5 Å². The Kier molecular flexibility index (Phi) is 4.58. The van der Waals surface area contributed by atoms with Gasteiger partial charge in [-0.1, -0.05) is 12.1 Å². The average Bonchev–Trinajstić information content (AvgIpc) is 2.47. The van der Waals surface area contributed by atoms with E-state index in [2.05, 4.69) is 5.32 Å². The van der Waals surface area contributed by atoms with Crippen molar-refractivity contribution in [1.29, 1.82) is 0 Å². The summed E-state index contributed by atoms with van der Waals surface area (Å²) in [5.41, 5.74) is 3.10. The van der Waals surface area contributed by atoms with Crippen molar-refractivity contribution < 1.29 is 13.9 Å². The van der Waals surface area contributed by atoms with E-state index < -0.39 is 5.82 Å². The SMILES string of the molecule is COc1ccc(C(=O)CNc2cc(C)ccc2C)c(F)c1. The van der Waals surface area contributed by atoms with E-state index in [0.29, 0.717) is 5.75 Å². The van der Waals surface area contributed by atoms with Crippen LogP contribution in [0.3, 0.4) is 0 Å². The van der Waals surface area contributed by atoms with Crippen LogP contribution in [0.4, 0.5) is 10.1 Å². The third kappa shape index (κ3) is 3.60. The van der Waals surface area contributed by atoms with Gasteiger partial charge in [0.25, 0.3) is 0 Å². The maximum absolute atomic E-state index is 13.8. The minimum atomic E-state index is -0.567. The molecular formula is C17H18FNO2. The lowest BCUT2D eigenvalue weighted by Gasteiger charge is -2.10. The van der Waals surface area contributed by atoms with E-state index in [1.807, 2.05) is 32.0 Å². The minimum Gasteiger partial charge on any atom is -0.497 e. The first-order valence-electron chi connectivity index (χ1n) is 6.69. The molecule has 1 N–H and O–H groups in total. The monoisotopic (exact) mass is 287 g/mol. The van der Waals surface area contributed by atoms with Gasteiger partial charge in [-0.15, -0.1) is 0 Å². The molecule has 0 saturated heterocycles. The Morgan fingerprint density at radius 2 is 1.95 bits per heavy atom. The highest BCUT2D eigenvalue weighted by Crippen LogP contribution is 2.19. The third-order valence-electron chi connectivity index (χ3n) is 3.31. The highest BCUT2D eigenvalue weighted by atomic mass is 19.1. The van der Waals surface area contributed by atoms with Crippen molar-refractivity contribution in [1.82, 2.24) is 0 Å². The number of halogens is 1. The van der Waals surface area contributed by atoms with E-state index in [0.717, 1.165) is 16.8 Å². The fourth-order valence-electron chi connectivity index (χ4n) is 2.05. The molecule has 3 nitrogen and oxygen atoms in total. The Labute approximate surface area is 123 Å². The van der Waals surface area contributed by atoms with Crippen molar-refractivity contribution in [3.8, 4) is 5.75 Å². The molecule has 2 aromatic rings. The van der Waals surface area contributed by atoms with Crippen molar-refractivity contribution in [3.63, 3.8) is 0 Å². The van der Waals surface area contributed by atoms with Crippen molar-refractivity contribution in [2.75, 3.05) is 19.0 Å². The van der Waals surface area contributed by atoms with E-state index in [1.54, 1.807) is 6.07 Å². The van der Waals surface area contributed by atoms with Gasteiger partial charge in [0.15, 0.2) is 5.78 Å². The number of carbonyl (C=O) groups excluding carboxylic acids is 1. The lowest BCUT2D eigenvalue weighted by molar-refractivity contribution is 0.100. The summed E-state index contributed by atoms with van der Waals surface area (Å²) in [6.07, 6.45) is 0. The topological polar surface area (TPSA) is 38.3 Å². The normalized spacial score (nSPS) is 10.3. The molecule has 0 atom stereocenters. The van der Waals surface area contributed by atoms with E-state index in [-0.39, 0.29) is 17.9 Å². The highest BCUT2D eigenvalue weighted by Gasteiger charge is 2.12. The Balaban J connectivity index is 2.10. The van der Waals surface area contributed by atoms with Crippen LogP contribution < -0.4 is 10.1 Å². The summed E-state index contributed by atoms with van der Waals surface area (Å²) in [5, 5.41) is 3.06. The molecule has 0 fully saturated rings. The second-order valence-electron chi connectivity index (χ2n) is 4.94. The van der Waals surface area contributed by atoms with E-state index in [4.69, 9.17) is 4.74 Å². The van der Waals surface area contributed by atoms with E-state index in [9.17, 15) is 9.18 Å². The largest absolute Gasteiger partial charge is 0.497 e. The Morgan fingerprint density at radius 3 is 2.62 bits per heavy atom. The number of hydrogen-bond acceptors (Lipinski definition) is 3. The number of ketones is 1. The number of Topliss-reactive ketones (excluding diaryl/α,β-unsaturated/α-hetero) is 1. The third-order valence-corrected chi connectivity index (χ3v) is 3.31. The molecule has 0 saturated carbocycles. The van der Waals surface area contributed by atoms with Gasteiger partial charge in [0.1, 0.15) is 11.6 Å². The number of hydrogen-bond donors (Lipinski definition) is 1. The van der Waals surface area contributed by atoms with Crippen LogP contribution in [0, 0.1) is 19.7 Å².